The molecule has 126 valence electrons. The molecule has 1 saturated carbocycles. The van der Waals surface area contributed by atoms with Crippen LogP contribution < -0.4 is 5.32 Å². The fourth-order valence-corrected chi connectivity index (χ4v) is 3.47. The van der Waals surface area contributed by atoms with Gasteiger partial charge in [0.25, 0.3) is 0 Å². The Balaban J connectivity index is 2.63. The zero-order chi connectivity index (χ0) is 15.7. The summed E-state index contributed by atoms with van der Waals surface area (Å²) in [6, 6.07) is 0.451. The molecule has 0 radical (unpaired) electrons. The molecule has 0 saturated heterocycles. The van der Waals surface area contributed by atoms with Crippen molar-refractivity contribution in [1.29, 1.82) is 0 Å². The van der Waals surface area contributed by atoms with Crippen molar-refractivity contribution in [1.82, 2.24) is 5.32 Å². The maximum absolute atomic E-state index is 5.94. The number of hydrogen-bond acceptors (Lipinski definition) is 3. The molecular formula is C18H37NO2. The second-order valence-corrected chi connectivity index (χ2v) is 7.16. The van der Waals surface area contributed by atoms with Crippen LogP contribution in [0, 0.1) is 5.92 Å². The van der Waals surface area contributed by atoms with Crippen LogP contribution in [0.1, 0.15) is 72.1 Å². The van der Waals surface area contributed by atoms with Crippen molar-refractivity contribution >= 4 is 0 Å². The highest BCUT2D eigenvalue weighted by Gasteiger charge is 2.31. The second-order valence-electron chi connectivity index (χ2n) is 7.16. The van der Waals surface area contributed by atoms with E-state index >= 15 is 0 Å². The first-order valence-corrected chi connectivity index (χ1v) is 8.85. The zero-order valence-corrected chi connectivity index (χ0v) is 14.9. The summed E-state index contributed by atoms with van der Waals surface area (Å²) in [4.78, 5) is 0. The Labute approximate surface area is 132 Å². The highest BCUT2D eigenvalue weighted by atomic mass is 16.5. The molecule has 0 aliphatic heterocycles. The van der Waals surface area contributed by atoms with Crippen LogP contribution in [0.5, 0.6) is 0 Å². The van der Waals surface area contributed by atoms with Gasteiger partial charge in [-0.3, -0.25) is 0 Å². The smallest absolute Gasteiger partial charge is 0.0752 e. The number of nitrogens with one attached hydrogen (secondary N) is 1. The Morgan fingerprint density at radius 3 is 2.33 bits per heavy atom. The van der Waals surface area contributed by atoms with Gasteiger partial charge in [-0.1, -0.05) is 26.2 Å². The normalized spacial score (nSPS) is 20.4. The first-order chi connectivity index (χ1) is 10.0. The van der Waals surface area contributed by atoms with Crippen LogP contribution in [0.15, 0.2) is 0 Å². The van der Waals surface area contributed by atoms with E-state index in [-0.39, 0.29) is 5.60 Å². The van der Waals surface area contributed by atoms with E-state index < -0.39 is 0 Å². The number of ether oxygens (including phenoxy) is 2. The lowest BCUT2D eigenvalue weighted by Gasteiger charge is -2.37. The predicted molar refractivity (Wildman–Crippen MR) is 89.8 cm³/mol. The Kier molecular flexibility index (Phi) is 8.84. The molecular weight excluding hydrogens is 262 g/mol. The molecule has 0 amide bonds. The maximum atomic E-state index is 5.94. The molecule has 1 rings (SSSR count). The van der Waals surface area contributed by atoms with E-state index in [4.69, 9.17) is 9.47 Å². The summed E-state index contributed by atoms with van der Waals surface area (Å²) in [5, 5.41) is 3.73. The molecule has 1 aliphatic carbocycles. The molecule has 1 fully saturated rings. The van der Waals surface area contributed by atoms with Crippen molar-refractivity contribution in [3.8, 4) is 0 Å². The lowest BCUT2D eigenvalue weighted by atomic mass is 9.81. The van der Waals surface area contributed by atoms with Gasteiger partial charge in [0.15, 0.2) is 0 Å². The molecule has 0 aromatic carbocycles. The van der Waals surface area contributed by atoms with Gasteiger partial charge in [0.1, 0.15) is 0 Å². The molecule has 21 heavy (non-hydrogen) atoms. The monoisotopic (exact) mass is 299 g/mol. The molecule has 3 heteroatoms. The minimum Gasteiger partial charge on any atom is -0.380 e. The summed E-state index contributed by atoms with van der Waals surface area (Å²) in [5.41, 5.74) is -0.0446. The fraction of sp³-hybridized carbons (Fsp3) is 1.00. The van der Waals surface area contributed by atoms with Crippen molar-refractivity contribution in [3.63, 3.8) is 0 Å². The summed E-state index contributed by atoms with van der Waals surface area (Å²) >= 11 is 0. The fourth-order valence-electron chi connectivity index (χ4n) is 3.47. The van der Waals surface area contributed by atoms with Gasteiger partial charge >= 0.3 is 0 Å². The first kappa shape index (κ1) is 18.9. The van der Waals surface area contributed by atoms with Crippen molar-refractivity contribution < 1.29 is 9.47 Å². The lowest BCUT2D eigenvalue weighted by Crippen LogP contribution is -2.46. The minimum atomic E-state index is -0.0446. The van der Waals surface area contributed by atoms with E-state index in [0.717, 1.165) is 25.3 Å². The number of methoxy groups -OCH3 is 2. The lowest BCUT2D eigenvalue weighted by molar-refractivity contribution is -0.0155. The van der Waals surface area contributed by atoms with Crippen LogP contribution in [-0.2, 0) is 9.47 Å². The quantitative estimate of drug-likeness (QED) is 0.657. The van der Waals surface area contributed by atoms with Gasteiger partial charge in [-0.25, -0.2) is 0 Å². The molecule has 0 aromatic heterocycles. The third kappa shape index (κ3) is 6.66. The highest BCUT2D eigenvalue weighted by molar-refractivity contribution is 4.86. The Morgan fingerprint density at radius 1 is 1.14 bits per heavy atom. The van der Waals surface area contributed by atoms with E-state index in [1.54, 1.807) is 0 Å². The van der Waals surface area contributed by atoms with Gasteiger partial charge in [-0.05, 0) is 58.4 Å². The predicted octanol–water partition coefficient (Wildman–Crippen LogP) is 4.16. The summed E-state index contributed by atoms with van der Waals surface area (Å²) in [6.07, 6.45) is 10.5. The summed E-state index contributed by atoms with van der Waals surface area (Å²) < 4.78 is 11.5. The van der Waals surface area contributed by atoms with Crippen LogP contribution in [0.25, 0.3) is 0 Å². The van der Waals surface area contributed by atoms with Crippen molar-refractivity contribution in [2.24, 2.45) is 5.92 Å². The van der Waals surface area contributed by atoms with Crippen molar-refractivity contribution in [2.45, 2.75) is 89.9 Å². The van der Waals surface area contributed by atoms with E-state index in [2.05, 4.69) is 26.1 Å². The third-order valence-corrected chi connectivity index (χ3v) is 5.05. The maximum Gasteiger partial charge on any atom is 0.0752 e. The first-order valence-electron chi connectivity index (χ1n) is 8.85. The van der Waals surface area contributed by atoms with Crippen LogP contribution in [0.4, 0.5) is 0 Å². The SMILES string of the molecule is CCCNC(CCC(C)(C)OC)C(OC)C1CCCCC1. The molecule has 1 N–H and O–H groups in total. The Bertz CT molecular complexity index is 262. The van der Waals surface area contributed by atoms with Gasteiger partial charge < -0.3 is 14.8 Å². The van der Waals surface area contributed by atoms with E-state index in [1.807, 2.05) is 14.2 Å². The average molecular weight is 299 g/mol. The minimum absolute atomic E-state index is 0.0446. The summed E-state index contributed by atoms with van der Waals surface area (Å²) in [5.74, 6) is 0.726. The zero-order valence-electron chi connectivity index (χ0n) is 14.9. The summed E-state index contributed by atoms with van der Waals surface area (Å²) in [7, 11) is 3.70. The van der Waals surface area contributed by atoms with Crippen LogP contribution >= 0.6 is 0 Å². The molecule has 0 aromatic rings. The molecule has 2 unspecified atom stereocenters. The van der Waals surface area contributed by atoms with Crippen molar-refractivity contribution in [3.05, 3.63) is 0 Å². The largest absolute Gasteiger partial charge is 0.380 e. The van der Waals surface area contributed by atoms with Crippen LogP contribution in [-0.4, -0.2) is 38.5 Å². The van der Waals surface area contributed by atoms with Crippen LogP contribution in [0.3, 0.4) is 0 Å². The summed E-state index contributed by atoms with van der Waals surface area (Å²) in [6.45, 7) is 7.65. The number of hydrogen-bond donors (Lipinski definition) is 1. The highest BCUT2D eigenvalue weighted by Crippen LogP contribution is 2.31. The van der Waals surface area contributed by atoms with Gasteiger partial charge in [-0.15, -0.1) is 0 Å². The molecule has 0 heterocycles. The van der Waals surface area contributed by atoms with Gasteiger partial charge in [0.05, 0.1) is 11.7 Å². The van der Waals surface area contributed by atoms with Gasteiger partial charge in [-0.2, -0.15) is 0 Å². The molecule has 3 nitrogen and oxygen atoms in total. The van der Waals surface area contributed by atoms with Gasteiger partial charge in [0.2, 0.25) is 0 Å². The molecule has 0 bridgehead atoms. The molecule has 2 atom stereocenters. The van der Waals surface area contributed by atoms with E-state index in [0.29, 0.717) is 12.1 Å². The molecule has 0 spiro atoms. The average Bonchev–Trinajstić information content (AvgIpc) is 2.51. The Morgan fingerprint density at radius 2 is 1.81 bits per heavy atom. The Hall–Kier alpha value is -0.120. The standard InChI is InChI=1S/C18H37NO2/c1-6-14-19-16(12-13-18(2,3)21-5)17(20-4)15-10-8-7-9-11-15/h15-17,19H,6-14H2,1-5H3. The van der Waals surface area contributed by atoms with Crippen LogP contribution in [0.2, 0.25) is 0 Å². The second kappa shape index (κ2) is 9.81. The number of rotatable bonds is 10. The van der Waals surface area contributed by atoms with E-state index in [1.165, 1.54) is 38.5 Å². The van der Waals surface area contributed by atoms with Gasteiger partial charge in [0, 0.05) is 20.3 Å². The van der Waals surface area contributed by atoms with Crippen molar-refractivity contribution in [2.75, 3.05) is 20.8 Å². The topological polar surface area (TPSA) is 30.5 Å². The molecule has 1 aliphatic rings. The third-order valence-electron chi connectivity index (χ3n) is 5.05. The van der Waals surface area contributed by atoms with E-state index in [9.17, 15) is 0 Å².